The highest BCUT2D eigenvalue weighted by atomic mass is 127. The lowest BCUT2D eigenvalue weighted by molar-refractivity contribution is 0.237. The van der Waals surface area contributed by atoms with E-state index >= 15 is 0 Å². The molecule has 2 saturated carbocycles. The molecule has 0 heterocycles. The first-order chi connectivity index (χ1) is 10.7. The van der Waals surface area contributed by atoms with Crippen molar-refractivity contribution >= 4 is 22.6 Å². The Bertz CT molecular complexity index is 433. The molecule has 0 spiro atoms. The van der Waals surface area contributed by atoms with Crippen LogP contribution in [0, 0.1) is 21.3 Å². The molecular formula is C21H31I. The Morgan fingerprint density at radius 1 is 0.773 bits per heavy atom. The van der Waals surface area contributed by atoms with Crippen molar-refractivity contribution in [3.63, 3.8) is 0 Å². The average Bonchev–Trinajstić information content (AvgIpc) is 2.56. The summed E-state index contributed by atoms with van der Waals surface area (Å²) in [5, 5.41) is 0. The summed E-state index contributed by atoms with van der Waals surface area (Å²) in [6.07, 6.45) is 14.8. The number of benzene rings is 1. The van der Waals surface area contributed by atoms with Gasteiger partial charge in [-0.15, -0.1) is 0 Å². The molecule has 0 N–H and O–H groups in total. The Morgan fingerprint density at radius 2 is 1.27 bits per heavy atom. The Kier molecular flexibility index (Phi) is 6.24. The molecule has 0 atom stereocenters. The lowest BCUT2D eigenvalue weighted by atomic mass is 9.74. The topological polar surface area (TPSA) is 0 Å². The smallest absolute Gasteiger partial charge is 0.0130 e. The summed E-state index contributed by atoms with van der Waals surface area (Å²) in [6.45, 7) is 2.43. The second-order valence-electron chi connectivity index (χ2n) is 7.97. The van der Waals surface area contributed by atoms with Gasteiger partial charge in [-0.05, 0) is 89.6 Å². The van der Waals surface area contributed by atoms with Crippen LogP contribution in [0.4, 0.5) is 0 Å². The predicted octanol–water partition coefficient (Wildman–Crippen LogP) is 7.17. The number of hydrogen-bond acceptors (Lipinski definition) is 0. The van der Waals surface area contributed by atoms with Crippen LogP contribution < -0.4 is 0 Å². The SMILES string of the molecule is CC1CCC(CCC2CCC(c3ccc(I)cc3)CC2)CC1. The van der Waals surface area contributed by atoms with E-state index in [0.29, 0.717) is 0 Å². The molecule has 0 aromatic heterocycles. The quantitative estimate of drug-likeness (QED) is 0.462. The first-order valence-electron chi connectivity index (χ1n) is 9.46. The molecule has 3 rings (SSSR count). The van der Waals surface area contributed by atoms with Gasteiger partial charge in [0.15, 0.2) is 0 Å². The van der Waals surface area contributed by atoms with Crippen LogP contribution in [0.25, 0.3) is 0 Å². The van der Waals surface area contributed by atoms with Crippen LogP contribution in [0.2, 0.25) is 0 Å². The monoisotopic (exact) mass is 410 g/mol. The van der Waals surface area contributed by atoms with E-state index in [2.05, 4.69) is 53.8 Å². The minimum atomic E-state index is 0.837. The van der Waals surface area contributed by atoms with Crippen LogP contribution in [-0.4, -0.2) is 0 Å². The molecule has 0 nitrogen and oxygen atoms in total. The van der Waals surface area contributed by atoms with Gasteiger partial charge < -0.3 is 0 Å². The predicted molar refractivity (Wildman–Crippen MR) is 104 cm³/mol. The molecule has 0 amide bonds. The summed E-state index contributed by atoms with van der Waals surface area (Å²) in [7, 11) is 0. The summed E-state index contributed by atoms with van der Waals surface area (Å²) in [4.78, 5) is 0. The van der Waals surface area contributed by atoms with Crippen molar-refractivity contribution in [2.45, 2.75) is 77.0 Å². The molecule has 0 saturated heterocycles. The number of halogens is 1. The lowest BCUT2D eigenvalue weighted by Crippen LogP contribution is -2.17. The Morgan fingerprint density at radius 3 is 1.82 bits per heavy atom. The zero-order chi connectivity index (χ0) is 15.4. The van der Waals surface area contributed by atoms with Gasteiger partial charge in [0, 0.05) is 3.57 Å². The van der Waals surface area contributed by atoms with Gasteiger partial charge in [-0.25, -0.2) is 0 Å². The Balaban J connectivity index is 1.39. The molecule has 0 unspecified atom stereocenters. The van der Waals surface area contributed by atoms with Crippen LogP contribution in [-0.2, 0) is 0 Å². The fourth-order valence-corrected chi connectivity index (χ4v) is 4.97. The Hall–Kier alpha value is -0.0500. The maximum atomic E-state index is 2.43. The van der Waals surface area contributed by atoms with Gasteiger partial charge in [0.2, 0.25) is 0 Å². The van der Waals surface area contributed by atoms with Crippen molar-refractivity contribution in [2.75, 3.05) is 0 Å². The molecule has 1 heteroatoms. The van der Waals surface area contributed by atoms with E-state index in [1.54, 1.807) is 5.56 Å². The molecule has 1 aromatic carbocycles. The number of hydrogen-bond donors (Lipinski definition) is 0. The molecule has 2 fully saturated rings. The highest BCUT2D eigenvalue weighted by Gasteiger charge is 2.24. The van der Waals surface area contributed by atoms with Crippen molar-refractivity contribution in [3.05, 3.63) is 33.4 Å². The number of rotatable bonds is 4. The normalized spacial score (nSPS) is 32.8. The van der Waals surface area contributed by atoms with Crippen molar-refractivity contribution in [1.82, 2.24) is 0 Å². The van der Waals surface area contributed by atoms with E-state index in [0.717, 1.165) is 23.7 Å². The van der Waals surface area contributed by atoms with Gasteiger partial charge in [0.1, 0.15) is 0 Å². The molecule has 122 valence electrons. The van der Waals surface area contributed by atoms with Gasteiger partial charge in [0.25, 0.3) is 0 Å². The van der Waals surface area contributed by atoms with Crippen LogP contribution in [0.15, 0.2) is 24.3 Å². The van der Waals surface area contributed by atoms with E-state index < -0.39 is 0 Å². The summed E-state index contributed by atoms with van der Waals surface area (Å²) >= 11 is 2.40. The van der Waals surface area contributed by atoms with Gasteiger partial charge in [0.05, 0.1) is 0 Å². The first kappa shape index (κ1) is 16.8. The minimum absolute atomic E-state index is 0.837. The molecular weight excluding hydrogens is 379 g/mol. The van der Waals surface area contributed by atoms with Crippen LogP contribution in [0.3, 0.4) is 0 Å². The van der Waals surface area contributed by atoms with Gasteiger partial charge in [-0.3, -0.25) is 0 Å². The second-order valence-corrected chi connectivity index (χ2v) is 9.22. The minimum Gasteiger partial charge on any atom is -0.0625 e. The standard InChI is InChI=1S/C21H31I/c1-16-2-4-17(5-3-16)6-7-18-8-10-19(11-9-18)20-12-14-21(22)15-13-20/h12-19H,2-11H2,1H3. The van der Waals surface area contributed by atoms with Crippen LogP contribution >= 0.6 is 22.6 Å². The van der Waals surface area contributed by atoms with Crippen molar-refractivity contribution in [2.24, 2.45) is 17.8 Å². The Labute approximate surface area is 150 Å². The highest BCUT2D eigenvalue weighted by Crippen LogP contribution is 2.39. The third-order valence-corrected chi connectivity index (χ3v) is 7.03. The van der Waals surface area contributed by atoms with Crippen LogP contribution in [0.1, 0.15) is 82.6 Å². The summed E-state index contributed by atoms with van der Waals surface area (Å²) < 4.78 is 1.36. The molecule has 0 radical (unpaired) electrons. The van der Waals surface area contributed by atoms with Gasteiger partial charge in [-0.1, -0.05) is 57.6 Å². The lowest BCUT2D eigenvalue weighted by Gasteiger charge is -2.31. The zero-order valence-corrected chi connectivity index (χ0v) is 16.2. The van der Waals surface area contributed by atoms with E-state index in [4.69, 9.17) is 0 Å². The first-order valence-corrected chi connectivity index (χ1v) is 10.5. The molecule has 1 aromatic rings. The average molecular weight is 410 g/mol. The van der Waals surface area contributed by atoms with Gasteiger partial charge in [-0.2, -0.15) is 0 Å². The fourth-order valence-electron chi connectivity index (χ4n) is 4.61. The third-order valence-electron chi connectivity index (χ3n) is 6.31. The third kappa shape index (κ3) is 4.72. The fraction of sp³-hybridized carbons (Fsp3) is 0.714. The second kappa shape index (κ2) is 8.17. The molecule has 2 aliphatic rings. The molecule has 22 heavy (non-hydrogen) atoms. The maximum absolute atomic E-state index is 2.43. The molecule has 2 aliphatic carbocycles. The van der Waals surface area contributed by atoms with Crippen LogP contribution in [0.5, 0.6) is 0 Å². The van der Waals surface area contributed by atoms with Crippen molar-refractivity contribution in [1.29, 1.82) is 0 Å². The van der Waals surface area contributed by atoms with Crippen molar-refractivity contribution < 1.29 is 0 Å². The van der Waals surface area contributed by atoms with Crippen molar-refractivity contribution in [3.8, 4) is 0 Å². The summed E-state index contributed by atoms with van der Waals surface area (Å²) in [5.41, 5.74) is 1.58. The summed E-state index contributed by atoms with van der Waals surface area (Å²) in [6, 6.07) is 9.25. The van der Waals surface area contributed by atoms with E-state index in [9.17, 15) is 0 Å². The maximum Gasteiger partial charge on any atom is 0.0130 e. The van der Waals surface area contributed by atoms with E-state index in [1.807, 2.05) is 0 Å². The summed E-state index contributed by atoms with van der Waals surface area (Å²) in [5.74, 6) is 3.92. The highest BCUT2D eigenvalue weighted by molar-refractivity contribution is 14.1. The van der Waals surface area contributed by atoms with Gasteiger partial charge >= 0.3 is 0 Å². The van der Waals surface area contributed by atoms with E-state index in [-0.39, 0.29) is 0 Å². The molecule has 0 aliphatic heterocycles. The molecule has 0 bridgehead atoms. The largest absolute Gasteiger partial charge is 0.0625 e. The van der Waals surface area contributed by atoms with E-state index in [1.165, 1.54) is 67.8 Å². The zero-order valence-electron chi connectivity index (χ0n) is 14.1.